The number of fused-ring (bicyclic) bond motifs is 1. The van der Waals surface area contributed by atoms with E-state index in [1.54, 1.807) is 0 Å². The van der Waals surface area contributed by atoms with Crippen molar-refractivity contribution in [3.63, 3.8) is 0 Å². The number of nitrogens with zero attached hydrogens (tertiary/aromatic N) is 2. The van der Waals surface area contributed by atoms with Gasteiger partial charge in [0.15, 0.2) is 11.5 Å². The lowest BCUT2D eigenvalue weighted by Gasteiger charge is -2.33. The second-order valence-electron chi connectivity index (χ2n) is 7.84. The first-order chi connectivity index (χ1) is 12.8. The molecule has 0 atom stereocenters. The van der Waals surface area contributed by atoms with Gasteiger partial charge in [-0.1, -0.05) is 0 Å². The van der Waals surface area contributed by atoms with Crippen molar-refractivity contribution in [3.8, 4) is 22.8 Å². The fourth-order valence-electron chi connectivity index (χ4n) is 4.65. The van der Waals surface area contributed by atoms with E-state index < -0.39 is 0 Å². The van der Waals surface area contributed by atoms with Gasteiger partial charge in [0.05, 0.1) is 11.9 Å². The minimum absolute atomic E-state index is 0.534. The molecule has 0 amide bonds. The van der Waals surface area contributed by atoms with Crippen LogP contribution in [0.4, 0.5) is 0 Å². The standard InChI is InChI=1S/C20H26N4O2/c1-2-17-18(26-10-9-25-17)11-15(1)19-16(12-22-23-19)13-24-8-5-20(14-24)3-6-21-7-4-20/h1-2,11-12,21H,3-10,13-14H2,(H,22,23). The highest BCUT2D eigenvalue weighted by molar-refractivity contribution is 5.66. The molecule has 1 aromatic carbocycles. The molecule has 0 unspecified atom stereocenters. The molecule has 6 heteroatoms. The van der Waals surface area contributed by atoms with Gasteiger partial charge in [-0.05, 0) is 62.5 Å². The summed E-state index contributed by atoms with van der Waals surface area (Å²) in [5, 5.41) is 11.0. The number of piperidine rings is 1. The number of ether oxygens (including phenoxy) is 2. The van der Waals surface area contributed by atoms with Crippen LogP contribution in [0.5, 0.6) is 11.5 Å². The largest absolute Gasteiger partial charge is 0.486 e. The Balaban J connectivity index is 1.34. The number of likely N-dealkylation sites (tertiary alicyclic amines) is 1. The highest BCUT2D eigenvalue weighted by Gasteiger charge is 2.38. The van der Waals surface area contributed by atoms with E-state index >= 15 is 0 Å². The Hall–Kier alpha value is -2.05. The molecule has 2 N–H and O–H groups in total. The number of benzene rings is 1. The third-order valence-corrected chi connectivity index (χ3v) is 6.12. The van der Waals surface area contributed by atoms with Crippen molar-refractivity contribution in [3.05, 3.63) is 30.0 Å². The van der Waals surface area contributed by atoms with Crippen LogP contribution in [0.15, 0.2) is 24.4 Å². The molecule has 1 spiro atoms. The Bertz CT molecular complexity index is 782. The van der Waals surface area contributed by atoms with Crippen LogP contribution in [0.25, 0.3) is 11.3 Å². The summed E-state index contributed by atoms with van der Waals surface area (Å²) in [5.74, 6) is 1.65. The zero-order chi connectivity index (χ0) is 17.4. The van der Waals surface area contributed by atoms with Gasteiger partial charge in [0.25, 0.3) is 0 Å². The number of hydrogen-bond donors (Lipinski definition) is 2. The van der Waals surface area contributed by atoms with Crippen molar-refractivity contribution < 1.29 is 9.47 Å². The third kappa shape index (κ3) is 2.97. The molecule has 4 heterocycles. The molecule has 3 aliphatic rings. The molecule has 1 aromatic heterocycles. The lowest BCUT2D eigenvalue weighted by molar-refractivity contribution is 0.171. The zero-order valence-corrected chi connectivity index (χ0v) is 15.1. The highest BCUT2D eigenvalue weighted by atomic mass is 16.6. The predicted octanol–water partition coefficient (Wildman–Crippen LogP) is 2.42. The van der Waals surface area contributed by atoms with Crippen molar-refractivity contribution in [2.24, 2.45) is 5.41 Å². The van der Waals surface area contributed by atoms with Crippen molar-refractivity contribution in [2.75, 3.05) is 39.4 Å². The summed E-state index contributed by atoms with van der Waals surface area (Å²) in [4.78, 5) is 2.59. The molecule has 0 bridgehead atoms. The summed E-state index contributed by atoms with van der Waals surface area (Å²) in [6, 6.07) is 6.14. The van der Waals surface area contributed by atoms with E-state index in [4.69, 9.17) is 9.47 Å². The number of rotatable bonds is 3. The van der Waals surface area contributed by atoms with Crippen LogP contribution >= 0.6 is 0 Å². The van der Waals surface area contributed by atoms with Gasteiger partial charge in [0, 0.05) is 24.2 Å². The van der Waals surface area contributed by atoms with Gasteiger partial charge in [-0.15, -0.1) is 0 Å². The minimum atomic E-state index is 0.534. The van der Waals surface area contributed by atoms with E-state index in [0.29, 0.717) is 18.6 Å². The summed E-state index contributed by atoms with van der Waals surface area (Å²) >= 11 is 0. The molecule has 0 aliphatic carbocycles. The molecule has 26 heavy (non-hydrogen) atoms. The maximum Gasteiger partial charge on any atom is 0.162 e. The van der Waals surface area contributed by atoms with Gasteiger partial charge >= 0.3 is 0 Å². The first-order valence-electron chi connectivity index (χ1n) is 9.67. The Labute approximate surface area is 153 Å². The fraction of sp³-hybridized carbons (Fsp3) is 0.550. The van der Waals surface area contributed by atoms with E-state index in [0.717, 1.165) is 29.3 Å². The first-order valence-corrected chi connectivity index (χ1v) is 9.67. The second-order valence-corrected chi connectivity index (χ2v) is 7.84. The molecule has 3 aliphatic heterocycles. The summed E-state index contributed by atoms with van der Waals surface area (Å²) in [5.41, 5.74) is 3.99. The van der Waals surface area contributed by atoms with E-state index in [9.17, 15) is 0 Å². The van der Waals surface area contributed by atoms with Crippen molar-refractivity contribution in [1.29, 1.82) is 0 Å². The van der Waals surface area contributed by atoms with E-state index in [2.05, 4.69) is 32.5 Å². The monoisotopic (exact) mass is 354 g/mol. The van der Waals surface area contributed by atoms with Gasteiger partial charge in [0.2, 0.25) is 0 Å². The lowest BCUT2D eigenvalue weighted by atomic mass is 9.78. The Kier molecular flexibility index (Phi) is 4.10. The van der Waals surface area contributed by atoms with Gasteiger partial charge in [-0.3, -0.25) is 10.00 Å². The van der Waals surface area contributed by atoms with Crippen molar-refractivity contribution in [1.82, 2.24) is 20.4 Å². The average Bonchev–Trinajstić information content (AvgIpc) is 3.30. The SMILES string of the molecule is c1cc2c(cc1-c1[nH]ncc1CN1CCC3(CCNCC3)C1)OCCO2. The van der Waals surface area contributed by atoms with Crippen LogP contribution in [0.1, 0.15) is 24.8 Å². The molecule has 5 rings (SSSR count). The molecule has 2 aromatic rings. The Morgan fingerprint density at radius 2 is 1.92 bits per heavy atom. The molecular weight excluding hydrogens is 328 g/mol. The molecule has 6 nitrogen and oxygen atoms in total. The quantitative estimate of drug-likeness (QED) is 0.886. The van der Waals surface area contributed by atoms with Gasteiger partial charge in [0.1, 0.15) is 13.2 Å². The predicted molar refractivity (Wildman–Crippen MR) is 99.4 cm³/mol. The topological polar surface area (TPSA) is 62.4 Å². The lowest BCUT2D eigenvalue weighted by Crippen LogP contribution is -2.38. The molecule has 0 saturated carbocycles. The molecule has 0 radical (unpaired) electrons. The first kappa shape index (κ1) is 16.1. The maximum absolute atomic E-state index is 5.74. The third-order valence-electron chi connectivity index (χ3n) is 6.12. The zero-order valence-electron chi connectivity index (χ0n) is 15.1. The highest BCUT2D eigenvalue weighted by Crippen LogP contribution is 2.40. The van der Waals surface area contributed by atoms with Crippen LogP contribution < -0.4 is 14.8 Å². The van der Waals surface area contributed by atoms with E-state index in [1.165, 1.54) is 51.0 Å². The van der Waals surface area contributed by atoms with E-state index in [-0.39, 0.29) is 0 Å². The number of nitrogens with one attached hydrogen (secondary N) is 2. The summed E-state index contributed by atoms with van der Waals surface area (Å²) < 4.78 is 11.4. The van der Waals surface area contributed by atoms with Crippen LogP contribution in [0, 0.1) is 5.41 Å². The van der Waals surface area contributed by atoms with Crippen LogP contribution in [-0.4, -0.2) is 54.5 Å². The second kappa shape index (κ2) is 6.59. The van der Waals surface area contributed by atoms with Crippen molar-refractivity contribution >= 4 is 0 Å². The normalized spacial score (nSPS) is 22.0. The summed E-state index contributed by atoms with van der Waals surface area (Å²) in [6.45, 7) is 6.91. The van der Waals surface area contributed by atoms with Crippen LogP contribution in [-0.2, 0) is 6.54 Å². The van der Waals surface area contributed by atoms with Gasteiger partial charge < -0.3 is 14.8 Å². The molecule has 138 valence electrons. The van der Waals surface area contributed by atoms with Gasteiger partial charge in [-0.25, -0.2) is 0 Å². The van der Waals surface area contributed by atoms with Crippen LogP contribution in [0.3, 0.4) is 0 Å². The van der Waals surface area contributed by atoms with E-state index in [1.807, 2.05) is 12.3 Å². The molecule has 2 saturated heterocycles. The van der Waals surface area contributed by atoms with Gasteiger partial charge in [-0.2, -0.15) is 5.10 Å². The summed E-state index contributed by atoms with van der Waals surface area (Å²) in [7, 11) is 0. The Morgan fingerprint density at radius 3 is 2.81 bits per heavy atom. The summed E-state index contributed by atoms with van der Waals surface area (Å²) in [6.07, 6.45) is 5.92. The Morgan fingerprint density at radius 1 is 1.08 bits per heavy atom. The number of hydrogen-bond acceptors (Lipinski definition) is 5. The minimum Gasteiger partial charge on any atom is -0.486 e. The smallest absolute Gasteiger partial charge is 0.162 e. The molecule has 2 fully saturated rings. The molecular formula is C20H26N4O2. The fourth-order valence-corrected chi connectivity index (χ4v) is 4.65. The number of aromatic amines is 1. The van der Waals surface area contributed by atoms with Crippen LogP contribution in [0.2, 0.25) is 0 Å². The average molecular weight is 354 g/mol. The number of H-pyrrole nitrogens is 1. The van der Waals surface area contributed by atoms with Crippen molar-refractivity contribution in [2.45, 2.75) is 25.8 Å². The number of aromatic nitrogens is 2. The maximum atomic E-state index is 5.74.